The molecule has 2 nitrogen and oxygen atoms in total. The average molecular weight is 288 g/mol. The Labute approximate surface area is 99.2 Å². The van der Waals surface area contributed by atoms with Crippen LogP contribution in [0.5, 0.6) is 0 Å². The van der Waals surface area contributed by atoms with Crippen LogP contribution in [0.25, 0.3) is 0 Å². The van der Waals surface area contributed by atoms with E-state index in [4.69, 9.17) is 10.2 Å². The standard InChI is InChI=1S/C11H8BrF2NO/c12-7-1-2-8(13)9(10(7)14)11(15)6-3-4-16-5-6/h1-5,11H,15H2. The Morgan fingerprint density at radius 3 is 2.62 bits per heavy atom. The van der Waals surface area contributed by atoms with Crippen molar-refractivity contribution in [2.75, 3.05) is 0 Å². The monoisotopic (exact) mass is 287 g/mol. The zero-order valence-corrected chi connectivity index (χ0v) is 9.67. The van der Waals surface area contributed by atoms with Gasteiger partial charge >= 0.3 is 0 Å². The van der Waals surface area contributed by atoms with Crippen LogP contribution < -0.4 is 5.73 Å². The van der Waals surface area contributed by atoms with Crippen LogP contribution in [0.1, 0.15) is 17.2 Å². The summed E-state index contributed by atoms with van der Waals surface area (Å²) in [7, 11) is 0. The summed E-state index contributed by atoms with van der Waals surface area (Å²) in [4.78, 5) is 0. The highest BCUT2D eigenvalue weighted by Gasteiger charge is 2.20. The third kappa shape index (κ3) is 1.88. The summed E-state index contributed by atoms with van der Waals surface area (Å²) < 4.78 is 32.2. The molecule has 2 aromatic rings. The first kappa shape index (κ1) is 11.3. The fourth-order valence-corrected chi connectivity index (χ4v) is 1.79. The van der Waals surface area contributed by atoms with E-state index in [1.807, 2.05) is 0 Å². The second kappa shape index (κ2) is 4.35. The molecule has 16 heavy (non-hydrogen) atoms. The minimum absolute atomic E-state index is 0.171. The van der Waals surface area contributed by atoms with Crippen molar-refractivity contribution in [1.82, 2.24) is 0 Å². The van der Waals surface area contributed by atoms with E-state index in [0.717, 1.165) is 0 Å². The van der Waals surface area contributed by atoms with Gasteiger partial charge in [-0.15, -0.1) is 0 Å². The van der Waals surface area contributed by atoms with E-state index in [1.54, 1.807) is 6.07 Å². The van der Waals surface area contributed by atoms with Crippen molar-refractivity contribution in [3.05, 3.63) is 58.0 Å². The average Bonchev–Trinajstić information content (AvgIpc) is 2.77. The molecule has 0 radical (unpaired) electrons. The fourth-order valence-electron chi connectivity index (χ4n) is 1.45. The molecule has 1 unspecified atom stereocenters. The molecule has 0 saturated carbocycles. The van der Waals surface area contributed by atoms with Crippen LogP contribution in [0.2, 0.25) is 0 Å². The van der Waals surface area contributed by atoms with Crippen LogP contribution >= 0.6 is 15.9 Å². The molecule has 0 fully saturated rings. The van der Waals surface area contributed by atoms with Crippen molar-refractivity contribution in [2.45, 2.75) is 6.04 Å². The van der Waals surface area contributed by atoms with Gasteiger partial charge in [-0.05, 0) is 34.1 Å². The number of halogens is 3. The lowest BCUT2D eigenvalue weighted by Crippen LogP contribution is -2.15. The first-order chi connectivity index (χ1) is 7.61. The maximum atomic E-state index is 13.7. The minimum Gasteiger partial charge on any atom is -0.472 e. The van der Waals surface area contributed by atoms with Gasteiger partial charge in [-0.2, -0.15) is 0 Å². The molecular formula is C11H8BrF2NO. The highest BCUT2D eigenvalue weighted by Crippen LogP contribution is 2.29. The largest absolute Gasteiger partial charge is 0.472 e. The molecule has 0 amide bonds. The van der Waals surface area contributed by atoms with Gasteiger partial charge in [0.25, 0.3) is 0 Å². The summed E-state index contributed by atoms with van der Waals surface area (Å²) in [5.41, 5.74) is 6.12. The second-order valence-electron chi connectivity index (χ2n) is 3.29. The molecule has 0 aliphatic heterocycles. The highest BCUT2D eigenvalue weighted by molar-refractivity contribution is 9.10. The number of hydrogen-bond acceptors (Lipinski definition) is 2. The van der Waals surface area contributed by atoms with Gasteiger partial charge in [0.1, 0.15) is 11.6 Å². The van der Waals surface area contributed by atoms with E-state index in [2.05, 4.69) is 15.9 Å². The van der Waals surface area contributed by atoms with Gasteiger partial charge in [0, 0.05) is 11.1 Å². The Kier molecular flexibility index (Phi) is 3.07. The lowest BCUT2D eigenvalue weighted by molar-refractivity contribution is 0.533. The van der Waals surface area contributed by atoms with Crippen molar-refractivity contribution in [3.63, 3.8) is 0 Å². The normalized spacial score (nSPS) is 12.8. The molecule has 0 saturated heterocycles. The smallest absolute Gasteiger partial charge is 0.145 e. The first-order valence-electron chi connectivity index (χ1n) is 4.52. The number of furan rings is 1. The van der Waals surface area contributed by atoms with Gasteiger partial charge in [-0.1, -0.05) is 0 Å². The molecule has 0 bridgehead atoms. The van der Waals surface area contributed by atoms with Crippen LogP contribution in [0, 0.1) is 11.6 Å². The molecule has 0 aliphatic carbocycles. The number of benzene rings is 1. The predicted molar refractivity (Wildman–Crippen MR) is 58.8 cm³/mol. The van der Waals surface area contributed by atoms with Crippen molar-refractivity contribution < 1.29 is 13.2 Å². The molecular weight excluding hydrogens is 280 g/mol. The molecule has 1 heterocycles. The van der Waals surface area contributed by atoms with Crippen molar-refractivity contribution in [3.8, 4) is 0 Å². The van der Waals surface area contributed by atoms with E-state index >= 15 is 0 Å². The number of nitrogens with two attached hydrogens (primary N) is 1. The zero-order chi connectivity index (χ0) is 11.7. The van der Waals surface area contributed by atoms with Crippen LogP contribution in [-0.4, -0.2) is 0 Å². The summed E-state index contributed by atoms with van der Waals surface area (Å²) in [5.74, 6) is -1.36. The van der Waals surface area contributed by atoms with Gasteiger partial charge in [-0.3, -0.25) is 0 Å². The topological polar surface area (TPSA) is 39.2 Å². The molecule has 0 spiro atoms. The number of hydrogen-bond donors (Lipinski definition) is 1. The molecule has 2 N–H and O–H groups in total. The molecule has 0 aliphatic rings. The molecule has 1 atom stereocenters. The van der Waals surface area contributed by atoms with Crippen LogP contribution in [0.3, 0.4) is 0 Å². The minimum atomic E-state index is -0.878. The van der Waals surface area contributed by atoms with Crippen molar-refractivity contribution in [1.29, 1.82) is 0 Å². The van der Waals surface area contributed by atoms with E-state index in [0.29, 0.717) is 5.56 Å². The third-order valence-corrected chi connectivity index (χ3v) is 2.91. The van der Waals surface area contributed by atoms with Gasteiger partial charge in [0.2, 0.25) is 0 Å². The van der Waals surface area contributed by atoms with Crippen LogP contribution in [0.15, 0.2) is 39.6 Å². The van der Waals surface area contributed by atoms with E-state index in [9.17, 15) is 8.78 Å². The quantitative estimate of drug-likeness (QED) is 0.860. The third-order valence-electron chi connectivity index (χ3n) is 2.29. The summed E-state index contributed by atoms with van der Waals surface area (Å²) in [6, 6.07) is 3.17. The SMILES string of the molecule is NC(c1ccoc1)c1c(F)ccc(Br)c1F. The van der Waals surface area contributed by atoms with Crippen molar-refractivity contribution >= 4 is 15.9 Å². The molecule has 5 heteroatoms. The lowest BCUT2D eigenvalue weighted by Gasteiger charge is -2.12. The maximum Gasteiger partial charge on any atom is 0.145 e. The Morgan fingerprint density at radius 1 is 1.25 bits per heavy atom. The lowest BCUT2D eigenvalue weighted by atomic mass is 10.0. The summed E-state index contributed by atoms with van der Waals surface area (Å²) in [6.45, 7) is 0. The van der Waals surface area contributed by atoms with Gasteiger partial charge < -0.3 is 10.2 Å². The second-order valence-corrected chi connectivity index (χ2v) is 4.15. The zero-order valence-electron chi connectivity index (χ0n) is 8.08. The Morgan fingerprint density at radius 2 is 2.00 bits per heavy atom. The van der Waals surface area contributed by atoms with E-state index in [-0.39, 0.29) is 10.0 Å². The van der Waals surface area contributed by atoms with Gasteiger partial charge in [0.05, 0.1) is 23.0 Å². The molecule has 84 valence electrons. The Bertz CT molecular complexity index is 499. The molecule has 1 aromatic carbocycles. The number of rotatable bonds is 2. The summed E-state index contributed by atoms with van der Waals surface area (Å²) in [5, 5.41) is 0. The highest BCUT2D eigenvalue weighted by atomic mass is 79.9. The maximum absolute atomic E-state index is 13.7. The van der Waals surface area contributed by atoms with Crippen molar-refractivity contribution in [2.24, 2.45) is 5.73 Å². The van der Waals surface area contributed by atoms with Gasteiger partial charge in [-0.25, -0.2) is 8.78 Å². The summed E-state index contributed by atoms with van der Waals surface area (Å²) in [6.07, 6.45) is 2.77. The van der Waals surface area contributed by atoms with E-state index < -0.39 is 17.7 Å². The van der Waals surface area contributed by atoms with Crippen LogP contribution in [0.4, 0.5) is 8.78 Å². The molecule has 1 aromatic heterocycles. The van der Waals surface area contributed by atoms with E-state index in [1.165, 1.54) is 24.7 Å². The Hall–Kier alpha value is -1.20. The predicted octanol–water partition coefficient (Wildman–Crippen LogP) is 3.37. The molecule has 2 rings (SSSR count). The van der Waals surface area contributed by atoms with Gasteiger partial charge in [0.15, 0.2) is 0 Å². The fraction of sp³-hybridized carbons (Fsp3) is 0.0909. The van der Waals surface area contributed by atoms with Crippen LogP contribution in [-0.2, 0) is 0 Å². The summed E-state index contributed by atoms with van der Waals surface area (Å²) >= 11 is 2.99. The first-order valence-corrected chi connectivity index (χ1v) is 5.31. The Balaban J connectivity index is 2.52.